The summed E-state index contributed by atoms with van der Waals surface area (Å²) in [6.07, 6.45) is 1.64. The van der Waals surface area contributed by atoms with E-state index in [0.29, 0.717) is 23.3 Å². The average Bonchev–Trinajstić information content (AvgIpc) is 2.78. The highest BCUT2D eigenvalue weighted by Crippen LogP contribution is 2.28. The summed E-state index contributed by atoms with van der Waals surface area (Å²) in [5.74, 6) is 2.05. The molecule has 0 aliphatic carbocycles. The van der Waals surface area contributed by atoms with Gasteiger partial charge >= 0.3 is 0 Å². The van der Waals surface area contributed by atoms with E-state index in [-0.39, 0.29) is 0 Å². The van der Waals surface area contributed by atoms with E-state index in [1.54, 1.807) is 13.3 Å². The van der Waals surface area contributed by atoms with E-state index < -0.39 is 0 Å². The van der Waals surface area contributed by atoms with E-state index in [9.17, 15) is 0 Å². The maximum Gasteiger partial charge on any atom is 0.180 e. The standard InChI is InChI=1S/C23H22BrN3O2S/c1-28-22-13-19(9-12-21(22)29-15-17-7-10-20(24)11-8-17)14-26-27-23(25)30-16-18-5-3-2-4-6-18/h2-14H,15-16H2,1H3,(H2,25,27). The number of halogens is 1. The second-order valence-electron chi connectivity index (χ2n) is 6.28. The van der Waals surface area contributed by atoms with Gasteiger partial charge in [-0.2, -0.15) is 5.10 Å². The van der Waals surface area contributed by atoms with Gasteiger partial charge in [-0.25, -0.2) is 0 Å². The zero-order valence-electron chi connectivity index (χ0n) is 16.5. The summed E-state index contributed by atoms with van der Waals surface area (Å²) >= 11 is 4.88. The first-order valence-electron chi connectivity index (χ1n) is 9.22. The summed E-state index contributed by atoms with van der Waals surface area (Å²) in [6.45, 7) is 0.455. The fraction of sp³-hybridized carbons (Fsp3) is 0.130. The number of benzene rings is 3. The van der Waals surface area contributed by atoms with Crippen molar-refractivity contribution in [1.82, 2.24) is 0 Å². The first-order valence-corrected chi connectivity index (χ1v) is 11.0. The van der Waals surface area contributed by atoms with Crippen molar-refractivity contribution in [2.24, 2.45) is 15.9 Å². The molecule has 3 aromatic rings. The molecule has 2 N–H and O–H groups in total. The molecule has 0 aliphatic rings. The molecular formula is C23H22BrN3O2S. The topological polar surface area (TPSA) is 69.2 Å². The predicted octanol–water partition coefficient (Wildman–Crippen LogP) is 5.62. The van der Waals surface area contributed by atoms with Crippen molar-refractivity contribution in [3.05, 3.63) is 94.0 Å². The van der Waals surface area contributed by atoms with Crippen LogP contribution in [0.25, 0.3) is 0 Å². The number of amidine groups is 1. The lowest BCUT2D eigenvalue weighted by Gasteiger charge is -2.11. The highest BCUT2D eigenvalue weighted by molar-refractivity contribution is 9.10. The Morgan fingerprint density at radius 2 is 1.77 bits per heavy atom. The van der Waals surface area contributed by atoms with Crippen LogP contribution < -0.4 is 15.2 Å². The average molecular weight is 484 g/mol. The van der Waals surface area contributed by atoms with Crippen LogP contribution in [0.3, 0.4) is 0 Å². The zero-order valence-corrected chi connectivity index (χ0v) is 18.9. The van der Waals surface area contributed by atoms with E-state index in [1.807, 2.05) is 60.7 Å². The van der Waals surface area contributed by atoms with Crippen molar-refractivity contribution in [3.63, 3.8) is 0 Å². The Morgan fingerprint density at radius 1 is 1.00 bits per heavy atom. The molecule has 0 unspecified atom stereocenters. The maximum atomic E-state index is 5.92. The first kappa shape index (κ1) is 21.9. The van der Waals surface area contributed by atoms with Crippen LogP contribution in [0.5, 0.6) is 11.5 Å². The number of hydrogen-bond donors (Lipinski definition) is 1. The Bertz CT molecular complexity index is 1010. The van der Waals surface area contributed by atoms with Crippen molar-refractivity contribution >= 4 is 39.1 Å². The molecule has 0 radical (unpaired) electrons. The van der Waals surface area contributed by atoms with E-state index in [1.165, 1.54) is 17.3 Å². The monoisotopic (exact) mass is 483 g/mol. The highest BCUT2D eigenvalue weighted by atomic mass is 79.9. The largest absolute Gasteiger partial charge is 0.493 e. The van der Waals surface area contributed by atoms with Gasteiger partial charge in [-0.3, -0.25) is 0 Å². The lowest BCUT2D eigenvalue weighted by Crippen LogP contribution is -2.06. The minimum absolute atomic E-state index is 0.413. The molecule has 0 amide bonds. The summed E-state index contributed by atoms with van der Waals surface area (Å²) in [6, 6.07) is 23.7. The van der Waals surface area contributed by atoms with E-state index in [0.717, 1.165) is 21.4 Å². The molecule has 0 spiro atoms. The molecule has 0 aromatic heterocycles. The van der Waals surface area contributed by atoms with Crippen molar-refractivity contribution in [2.45, 2.75) is 12.4 Å². The number of thioether (sulfide) groups is 1. The Hall–Kier alpha value is -2.77. The van der Waals surface area contributed by atoms with Crippen LogP contribution >= 0.6 is 27.7 Å². The molecule has 0 saturated heterocycles. The van der Waals surface area contributed by atoms with E-state index >= 15 is 0 Å². The lowest BCUT2D eigenvalue weighted by atomic mass is 10.2. The van der Waals surface area contributed by atoms with Crippen LogP contribution in [0.4, 0.5) is 0 Å². The van der Waals surface area contributed by atoms with Crippen molar-refractivity contribution < 1.29 is 9.47 Å². The molecule has 0 heterocycles. The number of nitrogens with two attached hydrogens (primary N) is 1. The molecule has 3 rings (SSSR count). The summed E-state index contributed by atoms with van der Waals surface area (Å²) < 4.78 is 12.4. The third-order valence-electron chi connectivity index (χ3n) is 4.09. The van der Waals surface area contributed by atoms with Crippen LogP contribution in [0.2, 0.25) is 0 Å². The van der Waals surface area contributed by atoms with Gasteiger partial charge in [-0.15, -0.1) is 5.10 Å². The second kappa shape index (κ2) is 11.4. The minimum Gasteiger partial charge on any atom is -0.493 e. The highest BCUT2D eigenvalue weighted by Gasteiger charge is 2.06. The number of rotatable bonds is 8. The molecule has 0 atom stereocenters. The van der Waals surface area contributed by atoms with Gasteiger partial charge in [0.05, 0.1) is 13.3 Å². The number of nitrogens with zero attached hydrogens (tertiary/aromatic N) is 2. The number of hydrogen-bond acceptors (Lipinski definition) is 5. The molecule has 0 fully saturated rings. The van der Waals surface area contributed by atoms with Crippen LogP contribution in [-0.4, -0.2) is 18.5 Å². The van der Waals surface area contributed by atoms with Gasteiger partial charge in [0.1, 0.15) is 6.61 Å². The van der Waals surface area contributed by atoms with Crippen LogP contribution in [0.15, 0.2) is 87.5 Å². The summed E-state index contributed by atoms with van der Waals surface area (Å²) in [5.41, 5.74) is 9.02. The summed E-state index contributed by atoms with van der Waals surface area (Å²) in [5, 5.41) is 8.54. The normalized spacial score (nSPS) is 11.6. The van der Waals surface area contributed by atoms with Gasteiger partial charge in [0.25, 0.3) is 0 Å². The van der Waals surface area contributed by atoms with Crippen molar-refractivity contribution in [3.8, 4) is 11.5 Å². The van der Waals surface area contributed by atoms with E-state index in [2.05, 4.69) is 38.3 Å². The SMILES string of the molecule is COc1cc(C=NN=C(N)SCc2ccccc2)ccc1OCc1ccc(Br)cc1. The lowest BCUT2D eigenvalue weighted by molar-refractivity contribution is 0.284. The molecular weight excluding hydrogens is 462 g/mol. The van der Waals surface area contributed by atoms with E-state index in [4.69, 9.17) is 15.2 Å². The third kappa shape index (κ3) is 6.93. The summed E-state index contributed by atoms with van der Waals surface area (Å²) in [4.78, 5) is 0. The molecule has 154 valence electrons. The van der Waals surface area contributed by atoms with Crippen LogP contribution in [0, 0.1) is 0 Å². The van der Waals surface area contributed by atoms with Gasteiger partial charge in [0.15, 0.2) is 16.7 Å². The van der Waals surface area contributed by atoms with Gasteiger partial charge < -0.3 is 15.2 Å². The van der Waals surface area contributed by atoms with Crippen molar-refractivity contribution in [1.29, 1.82) is 0 Å². The van der Waals surface area contributed by atoms with Crippen molar-refractivity contribution in [2.75, 3.05) is 7.11 Å². The quantitative estimate of drug-likeness (QED) is 0.256. The number of ether oxygens (including phenoxy) is 2. The molecule has 3 aromatic carbocycles. The second-order valence-corrected chi connectivity index (χ2v) is 8.19. The van der Waals surface area contributed by atoms with Gasteiger partial charge in [-0.1, -0.05) is 70.2 Å². The Morgan fingerprint density at radius 3 is 2.50 bits per heavy atom. The summed E-state index contributed by atoms with van der Waals surface area (Å²) in [7, 11) is 1.61. The molecule has 0 bridgehead atoms. The molecule has 5 nitrogen and oxygen atoms in total. The third-order valence-corrected chi connectivity index (χ3v) is 5.47. The van der Waals surface area contributed by atoms with Gasteiger partial charge in [-0.05, 0) is 47.0 Å². The Labute approximate surface area is 189 Å². The van der Waals surface area contributed by atoms with Gasteiger partial charge in [0, 0.05) is 10.2 Å². The molecule has 7 heteroatoms. The fourth-order valence-electron chi connectivity index (χ4n) is 2.54. The minimum atomic E-state index is 0.413. The zero-order chi connectivity index (χ0) is 21.2. The van der Waals surface area contributed by atoms with Crippen LogP contribution in [-0.2, 0) is 12.4 Å². The smallest absolute Gasteiger partial charge is 0.180 e. The Kier molecular flexibility index (Phi) is 8.35. The predicted molar refractivity (Wildman–Crippen MR) is 128 cm³/mol. The first-order chi connectivity index (χ1) is 14.6. The molecule has 0 aliphatic heterocycles. The molecule has 30 heavy (non-hydrogen) atoms. The molecule has 0 saturated carbocycles. The maximum absolute atomic E-state index is 5.92. The fourth-order valence-corrected chi connectivity index (χ4v) is 3.41. The van der Waals surface area contributed by atoms with Crippen LogP contribution in [0.1, 0.15) is 16.7 Å². The number of methoxy groups -OCH3 is 1. The van der Waals surface area contributed by atoms with Gasteiger partial charge in [0.2, 0.25) is 0 Å². The Balaban J connectivity index is 1.57.